The molecule has 0 bridgehead atoms. The second-order valence-electron chi connectivity index (χ2n) is 4.17. The number of aromatic nitrogens is 2. The number of rotatable bonds is 5. The molecule has 0 amide bonds. The van der Waals surface area contributed by atoms with Crippen LogP contribution in [0.2, 0.25) is 0 Å². The van der Waals surface area contributed by atoms with E-state index >= 15 is 0 Å². The van der Waals surface area contributed by atoms with Gasteiger partial charge in [-0.05, 0) is 25.6 Å². The number of nitro benzene ring substituents is 1. The van der Waals surface area contributed by atoms with E-state index in [1.165, 1.54) is 17.4 Å². The maximum Gasteiger partial charge on any atom is 0.270 e. The van der Waals surface area contributed by atoms with E-state index in [-0.39, 0.29) is 10.6 Å². The van der Waals surface area contributed by atoms with E-state index in [9.17, 15) is 10.1 Å². The molecule has 1 aromatic carbocycles. The molecule has 0 fully saturated rings. The lowest BCUT2D eigenvalue weighted by Gasteiger charge is -1.99. The quantitative estimate of drug-likeness (QED) is 0.669. The van der Waals surface area contributed by atoms with Gasteiger partial charge in [-0.1, -0.05) is 11.3 Å². The van der Waals surface area contributed by atoms with Crippen LogP contribution in [0.15, 0.2) is 18.2 Å². The van der Waals surface area contributed by atoms with E-state index in [2.05, 4.69) is 15.5 Å². The molecule has 0 radical (unpaired) electrons. The first-order valence-electron chi connectivity index (χ1n) is 5.83. The fourth-order valence-electron chi connectivity index (χ4n) is 1.69. The molecule has 100 valence electrons. The molecule has 0 aliphatic rings. The van der Waals surface area contributed by atoms with E-state index in [0.29, 0.717) is 0 Å². The molecule has 0 saturated carbocycles. The molecule has 0 spiro atoms. The molecule has 0 saturated heterocycles. The van der Waals surface area contributed by atoms with Crippen molar-refractivity contribution < 1.29 is 4.92 Å². The van der Waals surface area contributed by atoms with Gasteiger partial charge in [0.15, 0.2) is 0 Å². The molecule has 1 N–H and O–H groups in total. The van der Waals surface area contributed by atoms with Gasteiger partial charge in [0.05, 0.1) is 4.92 Å². The number of likely N-dealkylation sites (N-methyl/N-ethyl adjacent to an activating group) is 1. The van der Waals surface area contributed by atoms with Crippen molar-refractivity contribution in [2.75, 3.05) is 13.6 Å². The highest BCUT2D eigenvalue weighted by Gasteiger charge is 2.12. The molecule has 0 atom stereocenters. The third kappa shape index (κ3) is 3.33. The van der Waals surface area contributed by atoms with Crippen LogP contribution in [-0.2, 0) is 6.42 Å². The summed E-state index contributed by atoms with van der Waals surface area (Å²) in [7, 11) is 1.88. The SMILES string of the molecule is CNCCc1nnc(-c2cc(C)cc([N+](=O)[O-])c2)s1. The number of nitrogens with zero attached hydrogens (tertiary/aromatic N) is 3. The summed E-state index contributed by atoms with van der Waals surface area (Å²) in [5.74, 6) is 0. The van der Waals surface area contributed by atoms with Gasteiger partial charge in [0.25, 0.3) is 5.69 Å². The summed E-state index contributed by atoms with van der Waals surface area (Å²) >= 11 is 1.47. The lowest BCUT2D eigenvalue weighted by molar-refractivity contribution is -0.384. The Bertz CT molecular complexity index is 597. The Balaban J connectivity index is 2.30. The fraction of sp³-hybridized carbons (Fsp3) is 0.333. The molecule has 2 rings (SSSR count). The summed E-state index contributed by atoms with van der Waals surface area (Å²) < 4.78 is 0. The molecule has 6 nitrogen and oxygen atoms in total. The maximum atomic E-state index is 10.8. The normalized spacial score (nSPS) is 10.6. The smallest absolute Gasteiger partial charge is 0.270 e. The van der Waals surface area contributed by atoms with Crippen molar-refractivity contribution in [1.82, 2.24) is 15.5 Å². The molecular formula is C12H14N4O2S. The highest BCUT2D eigenvalue weighted by atomic mass is 32.1. The fourth-order valence-corrected chi connectivity index (χ4v) is 2.52. The minimum Gasteiger partial charge on any atom is -0.319 e. The number of aryl methyl sites for hydroxylation is 1. The van der Waals surface area contributed by atoms with Crippen molar-refractivity contribution in [3.63, 3.8) is 0 Å². The van der Waals surface area contributed by atoms with Crippen LogP contribution in [0.4, 0.5) is 5.69 Å². The van der Waals surface area contributed by atoms with Crippen LogP contribution >= 0.6 is 11.3 Å². The van der Waals surface area contributed by atoms with E-state index in [1.54, 1.807) is 6.07 Å². The van der Waals surface area contributed by atoms with Gasteiger partial charge in [-0.3, -0.25) is 10.1 Å². The number of hydrogen-bond donors (Lipinski definition) is 1. The van der Waals surface area contributed by atoms with Crippen molar-refractivity contribution in [3.05, 3.63) is 38.9 Å². The Kier molecular flexibility index (Phi) is 4.18. The van der Waals surface area contributed by atoms with Crippen LogP contribution in [0.5, 0.6) is 0 Å². The first-order chi connectivity index (χ1) is 9.10. The van der Waals surface area contributed by atoms with E-state index in [0.717, 1.165) is 34.1 Å². The van der Waals surface area contributed by atoms with Gasteiger partial charge in [-0.25, -0.2) is 0 Å². The van der Waals surface area contributed by atoms with Crippen LogP contribution in [0.25, 0.3) is 10.6 Å². The minimum atomic E-state index is -0.389. The Labute approximate surface area is 114 Å². The lowest BCUT2D eigenvalue weighted by Crippen LogP contribution is -2.09. The van der Waals surface area contributed by atoms with Crippen molar-refractivity contribution >= 4 is 17.0 Å². The second-order valence-corrected chi connectivity index (χ2v) is 5.23. The van der Waals surface area contributed by atoms with Gasteiger partial charge in [-0.15, -0.1) is 10.2 Å². The van der Waals surface area contributed by atoms with Gasteiger partial charge in [0, 0.05) is 30.7 Å². The summed E-state index contributed by atoms with van der Waals surface area (Å²) in [6, 6.07) is 4.97. The Morgan fingerprint density at radius 2 is 2.16 bits per heavy atom. The van der Waals surface area contributed by atoms with Crippen molar-refractivity contribution in [1.29, 1.82) is 0 Å². The van der Waals surface area contributed by atoms with Gasteiger partial charge in [0.2, 0.25) is 0 Å². The Morgan fingerprint density at radius 3 is 2.84 bits per heavy atom. The van der Waals surface area contributed by atoms with Gasteiger partial charge in [-0.2, -0.15) is 0 Å². The number of nitro groups is 1. The van der Waals surface area contributed by atoms with E-state index in [1.807, 2.05) is 20.0 Å². The zero-order valence-electron chi connectivity index (χ0n) is 10.7. The number of non-ortho nitro benzene ring substituents is 1. The van der Waals surface area contributed by atoms with Crippen LogP contribution in [-0.4, -0.2) is 28.7 Å². The zero-order chi connectivity index (χ0) is 13.8. The van der Waals surface area contributed by atoms with Crippen molar-refractivity contribution in [2.45, 2.75) is 13.3 Å². The summed E-state index contributed by atoms with van der Waals surface area (Å²) in [6.07, 6.45) is 0.808. The Morgan fingerprint density at radius 1 is 1.37 bits per heavy atom. The molecule has 7 heteroatoms. The molecule has 0 aliphatic heterocycles. The number of nitrogens with one attached hydrogen (secondary N) is 1. The average Bonchev–Trinajstić information content (AvgIpc) is 2.84. The van der Waals surface area contributed by atoms with Gasteiger partial charge < -0.3 is 5.32 Å². The van der Waals surface area contributed by atoms with Gasteiger partial charge >= 0.3 is 0 Å². The first-order valence-corrected chi connectivity index (χ1v) is 6.65. The van der Waals surface area contributed by atoms with Crippen LogP contribution in [0.3, 0.4) is 0 Å². The second kappa shape index (κ2) is 5.85. The standard InChI is InChI=1S/C12H14N4O2S/c1-8-5-9(7-10(6-8)16(17)18)12-15-14-11(19-12)3-4-13-2/h5-7,13H,3-4H2,1-2H3. The monoisotopic (exact) mass is 278 g/mol. The number of benzene rings is 1. The third-order valence-corrected chi connectivity index (χ3v) is 3.61. The maximum absolute atomic E-state index is 10.8. The highest BCUT2D eigenvalue weighted by Crippen LogP contribution is 2.28. The van der Waals surface area contributed by atoms with E-state index in [4.69, 9.17) is 0 Å². The molecule has 1 heterocycles. The summed E-state index contributed by atoms with van der Waals surface area (Å²) in [5, 5.41) is 23.7. The van der Waals surface area contributed by atoms with Gasteiger partial charge in [0.1, 0.15) is 10.0 Å². The van der Waals surface area contributed by atoms with E-state index < -0.39 is 0 Å². The summed E-state index contributed by atoms with van der Waals surface area (Å²) in [5.41, 5.74) is 1.68. The van der Waals surface area contributed by atoms with Crippen LogP contribution in [0.1, 0.15) is 10.6 Å². The topological polar surface area (TPSA) is 81.0 Å². The zero-order valence-corrected chi connectivity index (χ0v) is 11.5. The van der Waals surface area contributed by atoms with Crippen LogP contribution < -0.4 is 5.32 Å². The number of hydrogen-bond acceptors (Lipinski definition) is 6. The lowest BCUT2D eigenvalue weighted by atomic mass is 10.1. The minimum absolute atomic E-state index is 0.0852. The van der Waals surface area contributed by atoms with Crippen molar-refractivity contribution in [2.24, 2.45) is 0 Å². The average molecular weight is 278 g/mol. The largest absolute Gasteiger partial charge is 0.319 e. The molecule has 0 aliphatic carbocycles. The Hall–Kier alpha value is -1.86. The predicted molar refractivity (Wildman–Crippen MR) is 74.4 cm³/mol. The summed E-state index contributed by atoms with van der Waals surface area (Å²) in [4.78, 5) is 10.5. The molecular weight excluding hydrogens is 264 g/mol. The molecule has 1 aromatic heterocycles. The third-order valence-electron chi connectivity index (χ3n) is 2.58. The molecule has 0 unspecified atom stereocenters. The molecule has 2 aromatic rings. The first kappa shape index (κ1) is 13.6. The highest BCUT2D eigenvalue weighted by molar-refractivity contribution is 7.14. The molecule has 19 heavy (non-hydrogen) atoms. The summed E-state index contributed by atoms with van der Waals surface area (Å²) in [6.45, 7) is 2.67. The van der Waals surface area contributed by atoms with Crippen LogP contribution in [0, 0.1) is 17.0 Å². The predicted octanol–water partition coefficient (Wildman–Crippen LogP) is 2.18. The van der Waals surface area contributed by atoms with Crippen molar-refractivity contribution in [3.8, 4) is 10.6 Å².